The largest absolute Gasteiger partial charge is 0.383 e. The van der Waals surface area contributed by atoms with E-state index in [-0.39, 0.29) is 11.5 Å². The molecule has 1 heterocycles. The first kappa shape index (κ1) is 14.5. The van der Waals surface area contributed by atoms with Crippen LogP contribution in [0.5, 0.6) is 0 Å². The molecule has 5 heteroatoms. The molecule has 0 amide bonds. The Labute approximate surface area is 117 Å². The predicted molar refractivity (Wildman–Crippen MR) is 76.8 cm³/mol. The van der Waals surface area contributed by atoms with Crippen LogP contribution < -0.4 is 5.73 Å². The maximum absolute atomic E-state index is 12.6. The van der Waals surface area contributed by atoms with E-state index in [1.54, 1.807) is 12.1 Å². The van der Waals surface area contributed by atoms with Crippen LogP contribution in [0, 0.1) is 0 Å². The number of halogens is 2. The van der Waals surface area contributed by atoms with Gasteiger partial charge in [-0.3, -0.25) is 0 Å². The van der Waals surface area contributed by atoms with Crippen molar-refractivity contribution >= 4 is 5.82 Å². The zero-order chi connectivity index (χ0) is 14.9. The summed E-state index contributed by atoms with van der Waals surface area (Å²) in [5.41, 5.74) is 7.57. The lowest BCUT2D eigenvalue weighted by Gasteiger charge is -2.08. The van der Waals surface area contributed by atoms with Crippen molar-refractivity contribution < 1.29 is 8.78 Å². The maximum atomic E-state index is 12.6. The highest BCUT2D eigenvalue weighted by Gasteiger charge is 2.17. The highest BCUT2D eigenvalue weighted by Crippen LogP contribution is 2.30. The van der Waals surface area contributed by atoms with Crippen LogP contribution in [0.25, 0.3) is 11.3 Å². The van der Waals surface area contributed by atoms with Crippen LogP contribution in [-0.4, -0.2) is 9.55 Å². The van der Waals surface area contributed by atoms with Crippen LogP contribution in [-0.2, 0) is 6.54 Å². The molecule has 0 saturated carbocycles. The summed E-state index contributed by atoms with van der Waals surface area (Å²) in [5, 5.41) is 0. The van der Waals surface area contributed by atoms with E-state index in [0.717, 1.165) is 17.9 Å². The molecule has 0 fully saturated rings. The van der Waals surface area contributed by atoms with Gasteiger partial charge in [0.15, 0.2) is 0 Å². The number of hydrogen-bond acceptors (Lipinski definition) is 2. The van der Waals surface area contributed by atoms with Gasteiger partial charge in [-0.15, -0.1) is 0 Å². The van der Waals surface area contributed by atoms with E-state index < -0.39 is 6.43 Å². The molecule has 0 radical (unpaired) electrons. The summed E-state index contributed by atoms with van der Waals surface area (Å²) in [6.07, 6.45) is -2.46. The normalized spacial score (nSPS) is 11.6. The van der Waals surface area contributed by atoms with Crippen LogP contribution >= 0.6 is 0 Å². The predicted octanol–water partition coefficient (Wildman–Crippen LogP) is 4.21. The first-order chi connectivity index (χ1) is 9.45. The summed E-state index contributed by atoms with van der Waals surface area (Å²) in [5.74, 6) is 1.75. The minimum Gasteiger partial charge on any atom is -0.383 e. The smallest absolute Gasteiger partial charge is 0.263 e. The third-order valence-electron chi connectivity index (χ3n) is 3.31. The number of benzene rings is 1. The highest BCUT2D eigenvalue weighted by molar-refractivity contribution is 5.71. The monoisotopic (exact) mass is 279 g/mol. The fraction of sp³-hybridized carbons (Fsp3) is 0.400. The Balaban J connectivity index is 2.47. The van der Waals surface area contributed by atoms with E-state index in [0.29, 0.717) is 11.5 Å². The summed E-state index contributed by atoms with van der Waals surface area (Å²) in [6.45, 7) is 6.85. The van der Waals surface area contributed by atoms with Crippen LogP contribution in [0.4, 0.5) is 14.6 Å². The standard InChI is InChI=1S/C15H19F2N3/c1-4-20-14(18)12(19-15(20)9(2)3)10-5-7-11(8-6-10)13(16)17/h5-9,13H,4,18H2,1-3H3. The summed E-state index contributed by atoms with van der Waals surface area (Å²) >= 11 is 0. The van der Waals surface area contributed by atoms with Gasteiger partial charge in [0.1, 0.15) is 17.3 Å². The van der Waals surface area contributed by atoms with Crippen LogP contribution in [0.15, 0.2) is 24.3 Å². The summed E-state index contributed by atoms with van der Waals surface area (Å²) < 4.78 is 27.1. The van der Waals surface area contributed by atoms with Crippen molar-refractivity contribution in [2.24, 2.45) is 0 Å². The number of aromatic nitrogens is 2. The molecule has 0 saturated heterocycles. The topological polar surface area (TPSA) is 43.8 Å². The van der Waals surface area contributed by atoms with Gasteiger partial charge < -0.3 is 10.3 Å². The van der Waals surface area contributed by atoms with Crippen molar-refractivity contribution in [1.29, 1.82) is 0 Å². The van der Waals surface area contributed by atoms with Crippen molar-refractivity contribution in [3.05, 3.63) is 35.7 Å². The van der Waals surface area contributed by atoms with Gasteiger partial charge in [0.05, 0.1) is 0 Å². The van der Waals surface area contributed by atoms with E-state index in [9.17, 15) is 8.78 Å². The van der Waals surface area contributed by atoms with E-state index in [1.807, 2.05) is 11.5 Å². The van der Waals surface area contributed by atoms with E-state index >= 15 is 0 Å². The maximum Gasteiger partial charge on any atom is 0.263 e. The number of anilines is 1. The SMILES string of the molecule is CCn1c(C(C)C)nc(-c2ccc(C(F)F)cc2)c1N. The van der Waals surface area contributed by atoms with Crippen molar-refractivity contribution in [3.8, 4) is 11.3 Å². The fourth-order valence-electron chi connectivity index (χ4n) is 2.26. The molecule has 2 aromatic rings. The van der Waals surface area contributed by atoms with E-state index in [1.165, 1.54) is 12.1 Å². The zero-order valence-corrected chi connectivity index (χ0v) is 11.9. The average molecular weight is 279 g/mol. The van der Waals surface area contributed by atoms with Gasteiger partial charge >= 0.3 is 0 Å². The molecule has 0 bridgehead atoms. The zero-order valence-electron chi connectivity index (χ0n) is 11.9. The highest BCUT2D eigenvalue weighted by atomic mass is 19.3. The summed E-state index contributed by atoms with van der Waals surface area (Å²) in [6, 6.07) is 6.12. The number of nitrogens with zero attached hydrogens (tertiary/aromatic N) is 2. The second kappa shape index (κ2) is 5.61. The fourth-order valence-corrected chi connectivity index (χ4v) is 2.26. The summed E-state index contributed by atoms with van der Waals surface area (Å²) in [4.78, 5) is 4.58. The molecule has 0 aliphatic carbocycles. The lowest BCUT2D eigenvalue weighted by Crippen LogP contribution is -2.06. The lowest BCUT2D eigenvalue weighted by atomic mass is 10.1. The molecule has 1 aromatic heterocycles. The van der Waals surface area contributed by atoms with Gasteiger partial charge in [-0.1, -0.05) is 38.1 Å². The Bertz CT molecular complexity index is 586. The van der Waals surface area contributed by atoms with Crippen molar-refractivity contribution in [2.75, 3.05) is 5.73 Å². The van der Waals surface area contributed by atoms with E-state index in [4.69, 9.17) is 5.73 Å². The van der Waals surface area contributed by atoms with Crippen LogP contribution in [0.3, 0.4) is 0 Å². The molecule has 0 spiro atoms. The number of alkyl halides is 2. The molecule has 2 rings (SSSR count). The molecule has 0 unspecified atom stereocenters. The van der Waals surface area contributed by atoms with Gasteiger partial charge in [-0.25, -0.2) is 13.8 Å². The Kier molecular flexibility index (Phi) is 4.06. The van der Waals surface area contributed by atoms with Crippen molar-refractivity contribution in [3.63, 3.8) is 0 Å². The Morgan fingerprint density at radius 1 is 1.20 bits per heavy atom. The molecule has 0 aliphatic rings. The Morgan fingerprint density at radius 3 is 2.20 bits per heavy atom. The molecular formula is C15H19F2N3. The quantitative estimate of drug-likeness (QED) is 0.911. The van der Waals surface area contributed by atoms with Crippen LogP contribution in [0.2, 0.25) is 0 Å². The molecule has 0 atom stereocenters. The molecule has 20 heavy (non-hydrogen) atoms. The molecule has 108 valence electrons. The lowest BCUT2D eigenvalue weighted by molar-refractivity contribution is 0.151. The minimum absolute atomic E-state index is 0.00586. The first-order valence-electron chi connectivity index (χ1n) is 6.70. The molecular weight excluding hydrogens is 260 g/mol. The third-order valence-corrected chi connectivity index (χ3v) is 3.31. The average Bonchev–Trinajstić information content (AvgIpc) is 2.76. The van der Waals surface area contributed by atoms with Gasteiger partial charge in [0.2, 0.25) is 0 Å². The molecule has 0 aliphatic heterocycles. The summed E-state index contributed by atoms with van der Waals surface area (Å²) in [7, 11) is 0. The number of nitrogens with two attached hydrogens (primary N) is 1. The molecule has 3 nitrogen and oxygen atoms in total. The number of imidazole rings is 1. The second-order valence-electron chi connectivity index (χ2n) is 5.03. The Hall–Kier alpha value is -1.91. The van der Waals surface area contributed by atoms with Crippen molar-refractivity contribution in [1.82, 2.24) is 9.55 Å². The minimum atomic E-state index is -2.46. The van der Waals surface area contributed by atoms with Gasteiger partial charge in [0, 0.05) is 23.6 Å². The Morgan fingerprint density at radius 2 is 1.80 bits per heavy atom. The van der Waals surface area contributed by atoms with Crippen molar-refractivity contribution in [2.45, 2.75) is 39.7 Å². The number of hydrogen-bond donors (Lipinski definition) is 1. The van der Waals surface area contributed by atoms with Gasteiger partial charge in [-0.05, 0) is 6.92 Å². The third kappa shape index (κ3) is 2.53. The number of rotatable bonds is 4. The molecule has 2 N–H and O–H groups in total. The first-order valence-corrected chi connectivity index (χ1v) is 6.70. The van der Waals surface area contributed by atoms with Crippen LogP contribution in [0.1, 0.15) is 44.5 Å². The number of nitrogen functional groups attached to an aromatic ring is 1. The van der Waals surface area contributed by atoms with E-state index in [2.05, 4.69) is 18.8 Å². The van der Waals surface area contributed by atoms with Gasteiger partial charge in [-0.2, -0.15) is 0 Å². The van der Waals surface area contributed by atoms with Gasteiger partial charge in [0.25, 0.3) is 6.43 Å². The second-order valence-corrected chi connectivity index (χ2v) is 5.03. The molecule has 1 aromatic carbocycles.